The van der Waals surface area contributed by atoms with Crippen LogP contribution in [0.15, 0.2) is 23.5 Å². The van der Waals surface area contributed by atoms with Crippen LogP contribution < -0.4 is 0 Å². The number of methoxy groups -OCH3 is 3. The van der Waals surface area contributed by atoms with Gasteiger partial charge < -0.3 is 18.9 Å². The largest absolute Gasteiger partial charge is 0.486 e. The van der Waals surface area contributed by atoms with Gasteiger partial charge in [-0.05, 0) is 6.08 Å². The minimum atomic E-state index is -1.62. The first kappa shape index (κ1) is 15.9. The number of carbonyl (C=O) groups is 3. The lowest BCUT2D eigenvalue weighted by atomic mass is 9.60. The maximum Gasteiger partial charge on any atom is 0.334 e. The minimum Gasteiger partial charge on any atom is -0.486 e. The SMILES string of the molecule is COC(=O)C1=CC2C(=O)C(OC)(OC)C1C1OC(C(C)=O)=CC21. The van der Waals surface area contributed by atoms with Gasteiger partial charge in [-0.3, -0.25) is 9.59 Å². The number of fused-ring (bicyclic) bond motifs is 1. The maximum atomic E-state index is 12.8. The summed E-state index contributed by atoms with van der Waals surface area (Å²) in [6.07, 6.45) is 2.65. The van der Waals surface area contributed by atoms with Crippen molar-refractivity contribution in [1.29, 1.82) is 0 Å². The lowest BCUT2D eigenvalue weighted by molar-refractivity contribution is -0.256. The van der Waals surface area contributed by atoms with Crippen LogP contribution in [-0.2, 0) is 33.3 Å². The first-order valence-corrected chi connectivity index (χ1v) is 7.25. The zero-order chi connectivity index (χ0) is 16.9. The average molecular weight is 322 g/mol. The minimum absolute atomic E-state index is 0.199. The van der Waals surface area contributed by atoms with Crippen molar-refractivity contribution in [2.45, 2.75) is 18.8 Å². The Morgan fingerprint density at radius 3 is 2.35 bits per heavy atom. The Bertz CT molecular complexity index is 641. The van der Waals surface area contributed by atoms with Crippen LogP contribution in [0.3, 0.4) is 0 Å². The Morgan fingerprint density at radius 2 is 1.83 bits per heavy atom. The van der Waals surface area contributed by atoms with Crippen molar-refractivity contribution < 1.29 is 33.3 Å². The van der Waals surface area contributed by atoms with Gasteiger partial charge in [-0.1, -0.05) is 6.08 Å². The third-order valence-electron chi connectivity index (χ3n) is 4.85. The Morgan fingerprint density at radius 1 is 1.17 bits per heavy atom. The summed E-state index contributed by atoms with van der Waals surface area (Å²) in [6.45, 7) is 1.39. The summed E-state index contributed by atoms with van der Waals surface area (Å²) in [7, 11) is 3.96. The van der Waals surface area contributed by atoms with Gasteiger partial charge in [-0.2, -0.15) is 0 Å². The highest BCUT2D eigenvalue weighted by Gasteiger charge is 2.67. The Labute approximate surface area is 133 Å². The highest BCUT2D eigenvalue weighted by molar-refractivity contribution is 6.01. The molecule has 0 aromatic rings. The van der Waals surface area contributed by atoms with Gasteiger partial charge in [0, 0.05) is 32.6 Å². The van der Waals surface area contributed by atoms with Crippen LogP contribution in [0.1, 0.15) is 6.92 Å². The molecule has 1 heterocycles. The second-order valence-corrected chi connectivity index (χ2v) is 5.80. The van der Waals surface area contributed by atoms with E-state index in [1.807, 2.05) is 0 Å². The first-order chi connectivity index (χ1) is 10.9. The number of ether oxygens (including phenoxy) is 4. The molecule has 3 aliphatic carbocycles. The molecule has 4 unspecified atom stereocenters. The van der Waals surface area contributed by atoms with Gasteiger partial charge >= 0.3 is 5.97 Å². The lowest BCUT2D eigenvalue weighted by Crippen LogP contribution is -2.66. The highest BCUT2D eigenvalue weighted by Crippen LogP contribution is 2.54. The molecule has 1 fully saturated rings. The molecular weight excluding hydrogens is 304 g/mol. The maximum absolute atomic E-state index is 12.8. The summed E-state index contributed by atoms with van der Waals surface area (Å²) in [5, 5.41) is 0. The number of allylic oxidation sites excluding steroid dienone is 2. The van der Waals surface area contributed by atoms with Crippen LogP contribution in [-0.4, -0.2) is 50.8 Å². The lowest BCUT2D eigenvalue weighted by Gasteiger charge is -2.51. The zero-order valence-corrected chi connectivity index (χ0v) is 13.3. The van der Waals surface area contributed by atoms with Crippen LogP contribution in [0.2, 0.25) is 0 Å². The fourth-order valence-corrected chi connectivity index (χ4v) is 3.83. The number of ketones is 2. The molecule has 2 bridgehead atoms. The smallest absolute Gasteiger partial charge is 0.334 e. The molecule has 0 aromatic carbocycles. The van der Waals surface area contributed by atoms with E-state index in [4.69, 9.17) is 18.9 Å². The van der Waals surface area contributed by atoms with Crippen molar-refractivity contribution in [3.8, 4) is 0 Å². The molecule has 0 N–H and O–H groups in total. The fourth-order valence-electron chi connectivity index (χ4n) is 3.83. The number of hydrogen-bond acceptors (Lipinski definition) is 7. The van der Waals surface area contributed by atoms with E-state index < -0.39 is 29.7 Å². The highest BCUT2D eigenvalue weighted by atomic mass is 16.7. The Kier molecular flexibility index (Phi) is 3.65. The van der Waals surface area contributed by atoms with Crippen LogP contribution in [0, 0.1) is 17.8 Å². The monoisotopic (exact) mass is 322 g/mol. The molecule has 4 aliphatic rings. The summed E-state index contributed by atoms with van der Waals surface area (Å²) in [5.41, 5.74) is 0.278. The van der Waals surface area contributed by atoms with Gasteiger partial charge in [-0.15, -0.1) is 0 Å². The summed E-state index contributed by atoms with van der Waals surface area (Å²) in [6, 6.07) is 0. The summed E-state index contributed by atoms with van der Waals surface area (Å²) in [4.78, 5) is 36.6. The van der Waals surface area contributed by atoms with Crippen molar-refractivity contribution in [3.63, 3.8) is 0 Å². The standard InChI is InChI=1S/C16H18O7/c1-7(17)11-6-8-9-5-10(15(19)20-2)12(13(8)23-11)16(21-3,22-4)14(9)18/h5-6,8-9,12-13H,1-4H3. The molecule has 7 heteroatoms. The Balaban J connectivity index is 2.13. The predicted octanol–water partition coefficient (Wildman–Crippen LogP) is 0.391. The van der Waals surface area contributed by atoms with Gasteiger partial charge in [0.15, 0.2) is 17.3 Å². The van der Waals surface area contributed by atoms with Gasteiger partial charge in [0.1, 0.15) is 6.10 Å². The van der Waals surface area contributed by atoms with Crippen molar-refractivity contribution in [2.24, 2.45) is 17.8 Å². The van der Waals surface area contributed by atoms with Crippen LogP contribution in [0.4, 0.5) is 0 Å². The molecule has 1 aliphatic heterocycles. The first-order valence-electron chi connectivity index (χ1n) is 7.25. The van der Waals surface area contributed by atoms with Gasteiger partial charge in [0.25, 0.3) is 0 Å². The van der Waals surface area contributed by atoms with E-state index in [2.05, 4.69) is 0 Å². The summed E-state index contributed by atoms with van der Waals surface area (Å²) < 4.78 is 21.3. The molecule has 4 atom stereocenters. The molecule has 1 saturated carbocycles. The number of carbonyl (C=O) groups excluding carboxylic acids is 3. The molecule has 7 nitrogen and oxygen atoms in total. The van der Waals surface area contributed by atoms with E-state index in [-0.39, 0.29) is 28.8 Å². The van der Waals surface area contributed by atoms with E-state index in [1.165, 1.54) is 28.3 Å². The number of esters is 1. The fraction of sp³-hybridized carbons (Fsp3) is 0.562. The molecule has 4 rings (SSSR count). The van der Waals surface area contributed by atoms with Gasteiger partial charge in [0.05, 0.1) is 18.9 Å². The van der Waals surface area contributed by atoms with Gasteiger partial charge in [0.2, 0.25) is 5.79 Å². The second kappa shape index (κ2) is 5.28. The number of rotatable bonds is 4. The predicted molar refractivity (Wildman–Crippen MR) is 76.0 cm³/mol. The van der Waals surface area contributed by atoms with Crippen LogP contribution in [0.25, 0.3) is 0 Å². The normalized spacial score (nSPS) is 33.5. The Hall–Kier alpha value is -1.99. The van der Waals surface area contributed by atoms with Crippen molar-refractivity contribution in [3.05, 3.63) is 23.5 Å². The molecule has 0 radical (unpaired) electrons. The van der Waals surface area contributed by atoms with E-state index in [1.54, 1.807) is 12.2 Å². The molecule has 124 valence electrons. The zero-order valence-electron chi connectivity index (χ0n) is 13.3. The molecule has 23 heavy (non-hydrogen) atoms. The van der Waals surface area contributed by atoms with E-state index in [0.717, 1.165) is 0 Å². The number of hydrogen-bond donors (Lipinski definition) is 0. The van der Waals surface area contributed by atoms with Gasteiger partial charge in [-0.25, -0.2) is 4.79 Å². The third kappa shape index (κ3) is 1.93. The van der Waals surface area contributed by atoms with Crippen molar-refractivity contribution >= 4 is 17.5 Å². The second-order valence-electron chi connectivity index (χ2n) is 5.80. The van der Waals surface area contributed by atoms with Crippen molar-refractivity contribution in [2.75, 3.05) is 21.3 Å². The average Bonchev–Trinajstić information content (AvgIpc) is 3.01. The van der Waals surface area contributed by atoms with E-state index in [9.17, 15) is 14.4 Å². The van der Waals surface area contributed by atoms with E-state index in [0.29, 0.717) is 0 Å². The molecule has 0 saturated heterocycles. The van der Waals surface area contributed by atoms with Crippen LogP contribution >= 0.6 is 0 Å². The molecule has 0 amide bonds. The van der Waals surface area contributed by atoms with E-state index >= 15 is 0 Å². The topological polar surface area (TPSA) is 88.1 Å². The molecule has 0 spiro atoms. The molecule has 0 aromatic heterocycles. The third-order valence-corrected chi connectivity index (χ3v) is 4.85. The number of Topliss-reactive ketones (excluding diaryl/α,β-unsaturated/α-hetero) is 2. The van der Waals surface area contributed by atoms with Crippen LogP contribution in [0.5, 0.6) is 0 Å². The summed E-state index contributed by atoms with van der Waals surface area (Å²) >= 11 is 0. The van der Waals surface area contributed by atoms with Crippen molar-refractivity contribution in [1.82, 2.24) is 0 Å². The quantitative estimate of drug-likeness (QED) is 0.546. The summed E-state index contributed by atoms with van der Waals surface area (Å²) in [5.74, 6) is -4.30. The molecular formula is C16H18O7.